The molecular formula is C16H30N4OS. The van der Waals surface area contributed by atoms with Crippen LogP contribution in [0.5, 0.6) is 0 Å². The third-order valence-electron chi connectivity index (χ3n) is 2.93. The molecule has 0 aromatic carbocycles. The van der Waals surface area contributed by atoms with E-state index in [2.05, 4.69) is 53.7 Å². The molecule has 0 saturated carbocycles. The smallest absolute Gasteiger partial charge is 0.191 e. The third kappa shape index (κ3) is 7.75. The number of rotatable bonds is 9. The molecule has 1 heterocycles. The summed E-state index contributed by atoms with van der Waals surface area (Å²) < 4.78 is 5.56. The van der Waals surface area contributed by atoms with Crippen LogP contribution in [-0.4, -0.2) is 37.7 Å². The van der Waals surface area contributed by atoms with Crippen LogP contribution in [0, 0.1) is 5.92 Å². The molecule has 22 heavy (non-hydrogen) atoms. The van der Waals surface area contributed by atoms with Crippen molar-refractivity contribution < 1.29 is 4.74 Å². The highest BCUT2D eigenvalue weighted by Crippen LogP contribution is 2.18. The van der Waals surface area contributed by atoms with Crippen LogP contribution >= 0.6 is 11.3 Å². The average Bonchev–Trinajstić information content (AvgIpc) is 2.94. The van der Waals surface area contributed by atoms with Gasteiger partial charge in [0.2, 0.25) is 0 Å². The van der Waals surface area contributed by atoms with Crippen molar-refractivity contribution in [3.8, 4) is 0 Å². The van der Waals surface area contributed by atoms with Gasteiger partial charge in [0.1, 0.15) is 0 Å². The Morgan fingerprint density at radius 3 is 2.68 bits per heavy atom. The van der Waals surface area contributed by atoms with Crippen LogP contribution in [0.4, 0.5) is 0 Å². The summed E-state index contributed by atoms with van der Waals surface area (Å²) in [7, 11) is 1.78. The number of nitrogens with one attached hydrogen (secondary N) is 2. The molecule has 0 aliphatic rings. The normalized spacial score (nSPS) is 12.2. The number of hydrogen-bond acceptors (Lipinski definition) is 4. The Labute approximate surface area is 138 Å². The molecule has 0 saturated heterocycles. The van der Waals surface area contributed by atoms with E-state index in [9.17, 15) is 0 Å². The van der Waals surface area contributed by atoms with E-state index in [-0.39, 0.29) is 0 Å². The fourth-order valence-electron chi connectivity index (χ4n) is 1.76. The molecule has 0 amide bonds. The standard InChI is InChI=1S/C16H30N4OS/c1-12(2)10-21-8-6-7-18-16(17-5)19-9-14-11-22-15(20-14)13(3)4/h11-13H,6-10H2,1-5H3,(H2,17,18,19). The number of nitrogens with zero attached hydrogens (tertiary/aromatic N) is 2. The van der Waals surface area contributed by atoms with Crippen molar-refractivity contribution in [3.63, 3.8) is 0 Å². The van der Waals surface area contributed by atoms with Crippen LogP contribution in [0.15, 0.2) is 10.4 Å². The van der Waals surface area contributed by atoms with E-state index in [1.54, 1.807) is 18.4 Å². The summed E-state index contributed by atoms with van der Waals surface area (Å²) >= 11 is 1.72. The average molecular weight is 327 g/mol. The van der Waals surface area contributed by atoms with Gasteiger partial charge in [0, 0.05) is 38.1 Å². The molecular weight excluding hydrogens is 296 g/mol. The predicted octanol–water partition coefficient (Wildman–Crippen LogP) is 2.99. The van der Waals surface area contributed by atoms with Crippen LogP contribution < -0.4 is 10.6 Å². The van der Waals surface area contributed by atoms with Crippen LogP contribution in [-0.2, 0) is 11.3 Å². The second kappa shape index (κ2) is 10.6. The number of hydrogen-bond donors (Lipinski definition) is 2. The van der Waals surface area contributed by atoms with Crippen molar-refractivity contribution in [1.82, 2.24) is 15.6 Å². The van der Waals surface area contributed by atoms with Gasteiger partial charge in [-0.05, 0) is 12.3 Å². The lowest BCUT2D eigenvalue weighted by molar-refractivity contribution is 0.108. The number of aliphatic imine (C=N–C) groups is 1. The van der Waals surface area contributed by atoms with Gasteiger partial charge in [0.05, 0.1) is 17.2 Å². The first-order valence-corrected chi connectivity index (χ1v) is 8.87. The molecule has 2 N–H and O–H groups in total. The van der Waals surface area contributed by atoms with Gasteiger partial charge in [0.25, 0.3) is 0 Å². The largest absolute Gasteiger partial charge is 0.381 e. The molecule has 5 nitrogen and oxygen atoms in total. The molecule has 1 aromatic heterocycles. The summed E-state index contributed by atoms with van der Waals surface area (Å²) in [6.07, 6.45) is 0.974. The second-order valence-corrected chi connectivity index (χ2v) is 6.90. The lowest BCUT2D eigenvalue weighted by Gasteiger charge is -2.11. The zero-order chi connectivity index (χ0) is 16.4. The summed E-state index contributed by atoms with van der Waals surface area (Å²) in [6, 6.07) is 0. The molecule has 0 unspecified atom stereocenters. The molecule has 0 radical (unpaired) electrons. The van der Waals surface area contributed by atoms with Gasteiger partial charge >= 0.3 is 0 Å². The highest BCUT2D eigenvalue weighted by atomic mass is 32.1. The van der Waals surface area contributed by atoms with Crippen molar-refractivity contribution in [3.05, 3.63) is 16.1 Å². The number of aromatic nitrogens is 1. The first-order chi connectivity index (χ1) is 10.5. The Bertz CT molecular complexity index is 443. The van der Waals surface area contributed by atoms with E-state index in [4.69, 9.17) is 4.74 Å². The van der Waals surface area contributed by atoms with E-state index >= 15 is 0 Å². The van der Waals surface area contributed by atoms with Crippen molar-refractivity contribution in [2.24, 2.45) is 10.9 Å². The second-order valence-electron chi connectivity index (χ2n) is 6.01. The van der Waals surface area contributed by atoms with Gasteiger partial charge in [-0.1, -0.05) is 27.7 Å². The minimum atomic E-state index is 0.488. The lowest BCUT2D eigenvalue weighted by atomic mass is 10.2. The SMILES string of the molecule is CN=C(NCCCOCC(C)C)NCc1csc(C(C)C)n1. The van der Waals surface area contributed by atoms with Crippen molar-refractivity contribution in [2.45, 2.75) is 46.6 Å². The molecule has 0 bridgehead atoms. The minimum Gasteiger partial charge on any atom is -0.381 e. The molecule has 0 spiro atoms. The summed E-state index contributed by atoms with van der Waals surface area (Å²) in [4.78, 5) is 8.83. The summed E-state index contributed by atoms with van der Waals surface area (Å²) in [5, 5.41) is 9.87. The van der Waals surface area contributed by atoms with Crippen molar-refractivity contribution in [1.29, 1.82) is 0 Å². The van der Waals surface area contributed by atoms with Crippen molar-refractivity contribution in [2.75, 3.05) is 26.8 Å². The molecule has 126 valence electrons. The number of ether oxygens (including phenoxy) is 1. The van der Waals surface area contributed by atoms with Crippen LogP contribution in [0.1, 0.15) is 50.7 Å². The zero-order valence-electron chi connectivity index (χ0n) is 14.5. The van der Waals surface area contributed by atoms with Crippen LogP contribution in [0.3, 0.4) is 0 Å². The number of guanidine groups is 1. The Hall–Kier alpha value is -1.14. The van der Waals surface area contributed by atoms with E-state index in [1.165, 1.54) is 5.01 Å². The quantitative estimate of drug-likeness (QED) is 0.416. The molecule has 0 atom stereocenters. The topological polar surface area (TPSA) is 58.5 Å². The molecule has 1 rings (SSSR count). The van der Waals surface area contributed by atoms with Gasteiger partial charge in [0.15, 0.2) is 5.96 Å². The highest BCUT2D eigenvalue weighted by molar-refractivity contribution is 7.09. The molecule has 1 aromatic rings. The van der Waals surface area contributed by atoms with E-state index in [0.717, 1.165) is 37.8 Å². The van der Waals surface area contributed by atoms with Gasteiger partial charge in [-0.2, -0.15) is 0 Å². The Morgan fingerprint density at radius 1 is 1.32 bits per heavy atom. The molecule has 0 aliphatic heterocycles. The first kappa shape index (κ1) is 18.9. The Morgan fingerprint density at radius 2 is 2.09 bits per heavy atom. The van der Waals surface area contributed by atoms with Gasteiger partial charge in [-0.3, -0.25) is 4.99 Å². The molecule has 0 aliphatic carbocycles. The maximum atomic E-state index is 5.56. The molecule has 0 fully saturated rings. The van der Waals surface area contributed by atoms with Gasteiger partial charge < -0.3 is 15.4 Å². The van der Waals surface area contributed by atoms with Gasteiger partial charge in [-0.15, -0.1) is 11.3 Å². The summed E-state index contributed by atoms with van der Waals surface area (Å²) in [5.74, 6) is 1.89. The number of thiazole rings is 1. The van der Waals surface area contributed by atoms with Gasteiger partial charge in [-0.25, -0.2) is 4.98 Å². The van der Waals surface area contributed by atoms with E-state index in [0.29, 0.717) is 18.4 Å². The summed E-state index contributed by atoms with van der Waals surface area (Å²) in [5.41, 5.74) is 1.07. The highest BCUT2D eigenvalue weighted by Gasteiger charge is 2.06. The fraction of sp³-hybridized carbons (Fsp3) is 0.750. The van der Waals surface area contributed by atoms with E-state index < -0.39 is 0 Å². The van der Waals surface area contributed by atoms with Crippen LogP contribution in [0.2, 0.25) is 0 Å². The molecule has 6 heteroatoms. The van der Waals surface area contributed by atoms with Crippen molar-refractivity contribution >= 4 is 17.3 Å². The fourth-order valence-corrected chi connectivity index (χ4v) is 2.60. The first-order valence-electron chi connectivity index (χ1n) is 7.99. The maximum Gasteiger partial charge on any atom is 0.191 e. The van der Waals surface area contributed by atoms with Crippen LogP contribution in [0.25, 0.3) is 0 Å². The third-order valence-corrected chi connectivity index (χ3v) is 4.13. The zero-order valence-corrected chi connectivity index (χ0v) is 15.3. The monoisotopic (exact) mass is 326 g/mol. The predicted molar refractivity (Wildman–Crippen MR) is 94.7 cm³/mol. The lowest BCUT2D eigenvalue weighted by Crippen LogP contribution is -2.37. The Balaban J connectivity index is 2.19. The summed E-state index contributed by atoms with van der Waals surface area (Å²) in [6.45, 7) is 11.8. The minimum absolute atomic E-state index is 0.488. The maximum absolute atomic E-state index is 5.56. The van der Waals surface area contributed by atoms with E-state index in [1.807, 2.05) is 0 Å². The Kier molecular flexibility index (Phi) is 9.08.